The molecule has 0 aliphatic rings. The van der Waals surface area contributed by atoms with Gasteiger partial charge in [-0.15, -0.1) is 0 Å². The molecular weight excluding hydrogens is 349 g/mol. The zero-order valence-electron chi connectivity index (χ0n) is 9.29. The molecule has 2 rings (SSSR count). The summed E-state index contributed by atoms with van der Waals surface area (Å²) in [4.78, 5) is 14.4. The number of imidazole rings is 1. The average Bonchev–Trinajstić information content (AvgIpc) is 2.61. The highest BCUT2D eigenvalue weighted by Gasteiger charge is 2.06. The summed E-state index contributed by atoms with van der Waals surface area (Å²) in [6.07, 6.45) is 0.434. The molecule has 0 fully saturated rings. The largest absolute Gasteiger partial charge is 0.359 e. The summed E-state index contributed by atoms with van der Waals surface area (Å²) >= 11 is 7.52. The third-order valence-corrected chi connectivity index (χ3v) is 3.57. The molecule has 0 spiro atoms. The van der Waals surface area contributed by atoms with Crippen molar-refractivity contribution in [3.05, 3.63) is 26.5 Å². The number of H-pyrrole nitrogens is 1. The molecule has 2 N–H and O–H groups in total. The third-order valence-electron chi connectivity index (χ3n) is 2.58. The molecule has 0 aliphatic carbocycles. The van der Waals surface area contributed by atoms with E-state index in [0.29, 0.717) is 17.7 Å². The van der Waals surface area contributed by atoms with E-state index < -0.39 is 0 Å². The normalized spacial score (nSPS) is 10.7. The Morgan fingerprint density at radius 2 is 2.35 bits per heavy atom. The van der Waals surface area contributed by atoms with Crippen LogP contribution in [0.5, 0.6) is 0 Å². The summed E-state index contributed by atoms with van der Waals surface area (Å²) < 4.78 is 3.77. The zero-order chi connectivity index (χ0) is 12.4. The minimum Gasteiger partial charge on any atom is -0.359 e. The maximum atomic E-state index is 11.2. The van der Waals surface area contributed by atoms with Crippen molar-refractivity contribution < 1.29 is 4.79 Å². The van der Waals surface area contributed by atoms with Crippen LogP contribution in [0.4, 0.5) is 0 Å². The number of benzene rings is 1. The highest BCUT2D eigenvalue weighted by molar-refractivity contribution is 14.1. The molecule has 17 heavy (non-hydrogen) atoms. The fraction of sp³-hybridized carbons (Fsp3) is 0.273. The van der Waals surface area contributed by atoms with E-state index in [4.69, 9.17) is 12.2 Å². The number of aromatic amines is 1. The Morgan fingerprint density at radius 1 is 1.59 bits per heavy atom. The molecule has 1 amide bonds. The van der Waals surface area contributed by atoms with E-state index >= 15 is 0 Å². The van der Waals surface area contributed by atoms with Gasteiger partial charge in [0.15, 0.2) is 4.77 Å². The molecule has 0 saturated carbocycles. The first-order valence-corrected chi connectivity index (χ1v) is 6.69. The molecule has 1 aromatic carbocycles. The molecule has 0 aliphatic heterocycles. The van der Waals surface area contributed by atoms with E-state index in [1.807, 2.05) is 22.8 Å². The Morgan fingerprint density at radius 3 is 3.06 bits per heavy atom. The van der Waals surface area contributed by atoms with Crippen molar-refractivity contribution in [1.82, 2.24) is 14.9 Å². The lowest BCUT2D eigenvalue weighted by atomic mass is 10.3. The van der Waals surface area contributed by atoms with Crippen molar-refractivity contribution in [2.75, 3.05) is 7.05 Å². The van der Waals surface area contributed by atoms with Gasteiger partial charge in [0.25, 0.3) is 0 Å². The Balaban J connectivity index is 2.36. The second kappa shape index (κ2) is 5.18. The number of hydrogen-bond acceptors (Lipinski definition) is 2. The van der Waals surface area contributed by atoms with Gasteiger partial charge in [-0.2, -0.15) is 0 Å². The SMILES string of the molecule is CNC(=O)CCn1c(=S)[nH]c2cc(I)ccc21. The lowest BCUT2D eigenvalue weighted by Crippen LogP contribution is -2.19. The summed E-state index contributed by atoms with van der Waals surface area (Å²) in [5.74, 6) is 0.0201. The second-order valence-electron chi connectivity index (χ2n) is 3.67. The van der Waals surface area contributed by atoms with Crippen LogP contribution in [0.3, 0.4) is 0 Å². The molecule has 0 unspecified atom stereocenters. The minimum absolute atomic E-state index is 0.0201. The van der Waals surface area contributed by atoms with Gasteiger partial charge < -0.3 is 14.9 Å². The van der Waals surface area contributed by atoms with Crippen LogP contribution in [-0.4, -0.2) is 22.5 Å². The summed E-state index contributed by atoms with van der Waals surface area (Å²) in [7, 11) is 1.64. The van der Waals surface area contributed by atoms with Crippen molar-refractivity contribution >= 4 is 51.7 Å². The highest BCUT2D eigenvalue weighted by Crippen LogP contribution is 2.17. The Bertz CT molecular complexity index is 617. The second-order valence-corrected chi connectivity index (χ2v) is 5.30. The van der Waals surface area contributed by atoms with Gasteiger partial charge in [0.2, 0.25) is 5.91 Å². The Labute approximate surface area is 118 Å². The number of hydrogen-bond donors (Lipinski definition) is 2. The Hall–Kier alpha value is -0.890. The average molecular weight is 361 g/mol. The molecule has 6 heteroatoms. The molecular formula is C11H12IN3OS. The molecule has 1 aromatic heterocycles. The van der Waals surface area contributed by atoms with Gasteiger partial charge >= 0.3 is 0 Å². The first-order valence-electron chi connectivity index (χ1n) is 5.20. The number of nitrogens with zero attached hydrogens (tertiary/aromatic N) is 1. The number of aromatic nitrogens is 2. The van der Waals surface area contributed by atoms with Gasteiger partial charge in [-0.05, 0) is 53.0 Å². The quantitative estimate of drug-likeness (QED) is 0.652. The number of halogens is 1. The predicted octanol–water partition coefficient (Wildman–Crippen LogP) is 2.44. The summed E-state index contributed by atoms with van der Waals surface area (Å²) in [5, 5.41) is 2.61. The van der Waals surface area contributed by atoms with Crippen LogP contribution in [0.2, 0.25) is 0 Å². The van der Waals surface area contributed by atoms with Crippen molar-refractivity contribution in [2.24, 2.45) is 0 Å². The van der Waals surface area contributed by atoms with Crippen LogP contribution in [-0.2, 0) is 11.3 Å². The van der Waals surface area contributed by atoms with Crippen LogP contribution in [0.1, 0.15) is 6.42 Å². The minimum atomic E-state index is 0.0201. The first-order chi connectivity index (χ1) is 8.11. The van der Waals surface area contributed by atoms with Crippen LogP contribution < -0.4 is 5.32 Å². The van der Waals surface area contributed by atoms with E-state index in [-0.39, 0.29) is 5.91 Å². The van der Waals surface area contributed by atoms with Crippen LogP contribution in [0, 0.1) is 8.34 Å². The van der Waals surface area contributed by atoms with E-state index in [9.17, 15) is 4.79 Å². The maximum Gasteiger partial charge on any atom is 0.221 e. The number of carbonyl (C=O) groups is 1. The summed E-state index contributed by atoms with van der Waals surface area (Å²) in [5.41, 5.74) is 2.05. The van der Waals surface area contributed by atoms with Gasteiger partial charge in [0, 0.05) is 23.6 Å². The number of aryl methyl sites for hydroxylation is 1. The Kier molecular flexibility index (Phi) is 3.82. The number of carbonyl (C=O) groups excluding carboxylic acids is 1. The smallest absolute Gasteiger partial charge is 0.221 e. The van der Waals surface area contributed by atoms with E-state index in [2.05, 4.69) is 32.9 Å². The molecule has 0 atom stereocenters. The number of nitrogens with one attached hydrogen (secondary N) is 2. The number of fused-ring (bicyclic) bond motifs is 1. The lowest BCUT2D eigenvalue weighted by molar-refractivity contribution is -0.120. The summed E-state index contributed by atoms with van der Waals surface area (Å²) in [6, 6.07) is 6.09. The topological polar surface area (TPSA) is 49.8 Å². The molecule has 90 valence electrons. The zero-order valence-corrected chi connectivity index (χ0v) is 12.3. The van der Waals surface area contributed by atoms with E-state index in [1.54, 1.807) is 7.05 Å². The third kappa shape index (κ3) is 2.68. The molecule has 4 nitrogen and oxygen atoms in total. The molecule has 0 radical (unpaired) electrons. The molecule has 2 aromatic rings. The molecule has 0 bridgehead atoms. The van der Waals surface area contributed by atoms with Gasteiger partial charge in [-0.1, -0.05) is 0 Å². The first kappa shape index (κ1) is 12.6. The van der Waals surface area contributed by atoms with Gasteiger partial charge in [-0.3, -0.25) is 4.79 Å². The van der Waals surface area contributed by atoms with Gasteiger partial charge in [-0.25, -0.2) is 0 Å². The van der Waals surface area contributed by atoms with Crippen molar-refractivity contribution in [3.63, 3.8) is 0 Å². The highest BCUT2D eigenvalue weighted by atomic mass is 127. The van der Waals surface area contributed by atoms with Crippen molar-refractivity contribution in [3.8, 4) is 0 Å². The molecule has 0 saturated heterocycles. The predicted molar refractivity (Wildman–Crippen MR) is 78.5 cm³/mol. The monoisotopic (exact) mass is 361 g/mol. The van der Waals surface area contributed by atoms with Crippen molar-refractivity contribution in [2.45, 2.75) is 13.0 Å². The fourth-order valence-electron chi connectivity index (χ4n) is 1.70. The maximum absolute atomic E-state index is 11.2. The van der Waals surface area contributed by atoms with E-state index in [0.717, 1.165) is 14.6 Å². The van der Waals surface area contributed by atoms with Gasteiger partial charge in [0.05, 0.1) is 11.0 Å². The number of rotatable bonds is 3. The van der Waals surface area contributed by atoms with E-state index in [1.165, 1.54) is 0 Å². The van der Waals surface area contributed by atoms with Crippen LogP contribution in [0.15, 0.2) is 18.2 Å². The van der Waals surface area contributed by atoms with Crippen LogP contribution in [0.25, 0.3) is 11.0 Å². The number of amides is 1. The van der Waals surface area contributed by atoms with Crippen molar-refractivity contribution in [1.29, 1.82) is 0 Å². The van der Waals surface area contributed by atoms with Crippen LogP contribution >= 0.6 is 34.8 Å². The standard InChI is InChI=1S/C11H12IN3OS/c1-13-10(16)4-5-15-9-3-2-7(12)6-8(9)14-11(15)17/h2-3,6H,4-5H2,1H3,(H,13,16)(H,14,17). The van der Waals surface area contributed by atoms with Gasteiger partial charge in [0.1, 0.15) is 0 Å². The molecule has 1 heterocycles. The summed E-state index contributed by atoms with van der Waals surface area (Å²) in [6.45, 7) is 0.596. The fourth-order valence-corrected chi connectivity index (χ4v) is 2.49. The lowest BCUT2D eigenvalue weighted by Gasteiger charge is -2.03.